The molecule has 1 aromatic carbocycles. The van der Waals surface area contributed by atoms with Gasteiger partial charge in [-0.15, -0.1) is 0 Å². The summed E-state index contributed by atoms with van der Waals surface area (Å²) in [5.74, 6) is -1.41. The van der Waals surface area contributed by atoms with Crippen molar-refractivity contribution in [2.24, 2.45) is 0 Å². The van der Waals surface area contributed by atoms with Gasteiger partial charge in [0.2, 0.25) is 0 Å². The number of benzene rings is 1. The molecular formula is C15H17NO3. The Balaban J connectivity index is 2.49. The Bertz CT molecular complexity index is 613. The highest BCUT2D eigenvalue weighted by Gasteiger charge is 2.21. The molecule has 0 fully saturated rings. The smallest absolute Gasteiger partial charge is 0.379 e. The number of aryl methyl sites for hydroxylation is 1. The number of fused-ring (bicyclic) bond motifs is 1. The lowest BCUT2D eigenvalue weighted by Crippen LogP contribution is -2.15. The second-order valence-corrected chi connectivity index (χ2v) is 4.43. The summed E-state index contributed by atoms with van der Waals surface area (Å²) in [6.45, 7) is 2.96. The molecule has 0 unspecified atom stereocenters. The molecule has 0 saturated heterocycles. The number of methoxy groups -OCH3 is 1. The van der Waals surface area contributed by atoms with Gasteiger partial charge in [0.25, 0.3) is 5.78 Å². The number of ketones is 1. The lowest BCUT2D eigenvalue weighted by Gasteiger charge is -2.02. The molecule has 100 valence electrons. The van der Waals surface area contributed by atoms with E-state index in [1.807, 2.05) is 28.8 Å². The number of esters is 1. The normalized spacial score (nSPS) is 10.6. The fourth-order valence-corrected chi connectivity index (χ4v) is 2.14. The van der Waals surface area contributed by atoms with Gasteiger partial charge in [-0.05, 0) is 12.5 Å². The molecule has 0 aliphatic carbocycles. The van der Waals surface area contributed by atoms with Crippen LogP contribution >= 0.6 is 0 Å². The van der Waals surface area contributed by atoms with Crippen LogP contribution in [-0.4, -0.2) is 23.4 Å². The van der Waals surface area contributed by atoms with E-state index in [9.17, 15) is 9.59 Å². The molecule has 0 aliphatic heterocycles. The maximum atomic E-state index is 12.0. The van der Waals surface area contributed by atoms with Crippen molar-refractivity contribution in [3.05, 3.63) is 36.0 Å². The number of rotatable bonds is 5. The zero-order valence-electron chi connectivity index (χ0n) is 11.2. The number of hydrogen-bond donors (Lipinski definition) is 0. The van der Waals surface area contributed by atoms with E-state index >= 15 is 0 Å². The second-order valence-electron chi connectivity index (χ2n) is 4.43. The fraction of sp³-hybridized carbons (Fsp3) is 0.333. The molecule has 4 nitrogen and oxygen atoms in total. The number of ether oxygens (including phenoxy) is 1. The van der Waals surface area contributed by atoms with Crippen LogP contribution in [-0.2, 0) is 16.1 Å². The molecule has 4 heteroatoms. The lowest BCUT2D eigenvalue weighted by atomic mass is 10.1. The van der Waals surface area contributed by atoms with Crippen LogP contribution < -0.4 is 0 Å². The summed E-state index contributed by atoms with van der Waals surface area (Å²) in [6, 6.07) is 7.60. The zero-order valence-corrected chi connectivity index (χ0v) is 11.2. The van der Waals surface area contributed by atoms with E-state index in [0.29, 0.717) is 5.56 Å². The first-order valence-corrected chi connectivity index (χ1v) is 6.39. The molecule has 0 amide bonds. The average Bonchev–Trinajstić information content (AvgIpc) is 2.82. The zero-order chi connectivity index (χ0) is 13.8. The van der Waals surface area contributed by atoms with Crippen LogP contribution in [0.4, 0.5) is 0 Å². The lowest BCUT2D eigenvalue weighted by molar-refractivity contribution is -0.135. The summed E-state index contributed by atoms with van der Waals surface area (Å²) < 4.78 is 6.53. The van der Waals surface area contributed by atoms with Gasteiger partial charge in [-0.3, -0.25) is 4.79 Å². The Morgan fingerprint density at radius 2 is 2.00 bits per heavy atom. The number of carbonyl (C=O) groups is 2. The van der Waals surface area contributed by atoms with Crippen LogP contribution in [0, 0.1) is 0 Å². The molecule has 2 aromatic rings. The third-order valence-electron chi connectivity index (χ3n) is 3.16. The summed E-state index contributed by atoms with van der Waals surface area (Å²) in [5, 5.41) is 0.800. The minimum Gasteiger partial charge on any atom is -0.463 e. The van der Waals surface area contributed by atoms with Crippen LogP contribution in [0.15, 0.2) is 30.5 Å². The molecule has 1 aromatic heterocycles. The Morgan fingerprint density at radius 1 is 1.26 bits per heavy atom. The van der Waals surface area contributed by atoms with Crippen molar-refractivity contribution in [1.82, 2.24) is 4.57 Å². The Morgan fingerprint density at radius 3 is 2.68 bits per heavy atom. The van der Waals surface area contributed by atoms with Gasteiger partial charge in [-0.2, -0.15) is 0 Å². The molecule has 2 rings (SSSR count). The monoisotopic (exact) mass is 259 g/mol. The predicted octanol–water partition coefficient (Wildman–Crippen LogP) is 2.80. The van der Waals surface area contributed by atoms with Crippen LogP contribution in [0.3, 0.4) is 0 Å². The number of carbonyl (C=O) groups excluding carboxylic acids is 2. The molecule has 0 bridgehead atoms. The van der Waals surface area contributed by atoms with Crippen molar-refractivity contribution in [3.63, 3.8) is 0 Å². The molecular weight excluding hydrogens is 242 g/mol. The number of Topliss-reactive ketones (excluding diaryl/α,β-unsaturated/α-hetero) is 1. The first-order chi connectivity index (χ1) is 9.19. The Kier molecular flexibility index (Phi) is 4.00. The van der Waals surface area contributed by atoms with Gasteiger partial charge >= 0.3 is 5.97 Å². The van der Waals surface area contributed by atoms with Crippen molar-refractivity contribution in [3.8, 4) is 0 Å². The fourth-order valence-electron chi connectivity index (χ4n) is 2.14. The number of unbranched alkanes of at least 4 members (excludes halogenated alkanes) is 1. The minimum atomic E-state index is -0.821. The highest BCUT2D eigenvalue weighted by atomic mass is 16.5. The van der Waals surface area contributed by atoms with Crippen LogP contribution in [0.2, 0.25) is 0 Å². The maximum Gasteiger partial charge on any atom is 0.379 e. The summed E-state index contributed by atoms with van der Waals surface area (Å²) >= 11 is 0. The average molecular weight is 259 g/mol. The number of hydrogen-bond acceptors (Lipinski definition) is 3. The topological polar surface area (TPSA) is 48.3 Å². The Labute approximate surface area is 112 Å². The third-order valence-corrected chi connectivity index (χ3v) is 3.16. The molecule has 0 radical (unpaired) electrons. The molecule has 19 heavy (non-hydrogen) atoms. The van der Waals surface area contributed by atoms with Gasteiger partial charge in [0.05, 0.1) is 12.7 Å². The molecule has 0 saturated carbocycles. The minimum absolute atomic E-state index is 0.415. The molecule has 0 N–H and O–H groups in total. The molecule has 0 atom stereocenters. The van der Waals surface area contributed by atoms with E-state index in [2.05, 4.69) is 11.7 Å². The predicted molar refractivity (Wildman–Crippen MR) is 73.2 cm³/mol. The summed E-state index contributed by atoms with van der Waals surface area (Å²) in [6.07, 6.45) is 3.86. The van der Waals surface area contributed by atoms with Gasteiger partial charge in [0.1, 0.15) is 0 Å². The SMILES string of the molecule is CCCCn1cc(C(=O)C(=O)OC)c2ccccc21. The molecule has 0 aliphatic rings. The summed E-state index contributed by atoms with van der Waals surface area (Å²) in [5.41, 5.74) is 1.39. The standard InChI is InChI=1S/C15H17NO3/c1-3-4-9-16-10-12(14(17)15(18)19-2)11-7-5-6-8-13(11)16/h5-8,10H,3-4,9H2,1-2H3. The van der Waals surface area contributed by atoms with Crippen molar-refractivity contribution in [2.75, 3.05) is 7.11 Å². The summed E-state index contributed by atoms with van der Waals surface area (Å²) in [7, 11) is 1.22. The van der Waals surface area contributed by atoms with Gasteiger partial charge < -0.3 is 9.30 Å². The first kappa shape index (κ1) is 13.3. The van der Waals surface area contributed by atoms with E-state index in [1.165, 1.54) is 7.11 Å². The van der Waals surface area contributed by atoms with Crippen LogP contribution in [0.25, 0.3) is 10.9 Å². The molecule has 0 spiro atoms. The Hall–Kier alpha value is -2.10. The largest absolute Gasteiger partial charge is 0.463 e. The molecule has 1 heterocycles. The maximum absolute atomic E-state index is 12.0. The highest BCUT2D eigenvalue weighted by Crippen LogP contribution is 2.22. The van der Waals surface area contributed by atoms with Crippen molar-refractivity contribution in [2.45, 2.75) is 26.3 Å². The second kappa shape index (κ2) is 5.69. The van der Waals surface area contributed by atoms with Gasteiger partial charge in [0.15, 0.2) is 0 Å². The summed E-state index contributed by atoms with van der Waals surface area (Å²) in [4.78, 5) is 23.4. The highest BCUT2D eigenvalue weighted by molar-refractivity contribution is 6.42. The number of nitrogens with zero attached hydrogens (tertiary/aromatic N) is 1. The van der Waals surface area contributed by atoms with E-state index in [4.69, 9.17) is 0 Å². The first-order valence-electron chi connectivity index (χ1n) is 6.39. The van der Waals surface area contributed by atoms with Gasteiger partial charge in [0, 0.05) is 23.6 Å². The number of aromatic nitrogens is 1. The van der Waals surface area contributed by atoms with E-state index in [0.717, 1.165) is 30.3 Å². The quantitative estimate of drug-likeness (QED) is 0.471. The third kappa shape index (κ3) is 2.52. The van der Waals surface area contributed by atoms with E-state index in [-0.39, 0.29) is 0 Å². The van der Waals surface area contributed by atoms with Crippen molar-refractivity contribution < 1.29 is 14.3 Å². The van der Waals surface area contributed by atoms with Crippen LogP contribution in [0.5, 0.6) is 0 Å². The van der Waals surface area contributed by atoms with Crippen molar-refractivity contribution in [1.29, 1.82) is 0 Å². The number of para-hydroxylation sites is 1. The van der Waals surface area contributed by atoms with Crippen molar-refractivity contribution >= 4 is 22.7 Å². The van der Waals surface area contributed by atoms with Gasteiger partial charge in [-0.25, -0.2) is 4.79 Å². The van der Waals surface area contributed by atoms with Gasteiger partial charge in [-0.1, -0.05) is 31.5 Å². The van der Waals surface area contributed by atoms with Crippen LogP contribution in [0.1, 0.15) is 30.1 Å². The van der Waals surface area contributed by atoms with E-state index in [1.54, 1.807) is 6.20 Å². The van der Waals surface area contributed by atoms with E-state index < -0.39 is 11.8 Å².